The summed E-state index contributed by atoms with van der Waals surface area (Å²) in [5.74, 6) is 1.21. The molecule has 32 heavy (non-hydrogen) atoms. The van der Waals surface area contributed by atoms with Crippen LogP contribution in [0.25, 0.3) is 0 Å². The normalized spacial score (nSPS) is 19.0. The molecule has 166 valence electrons. The second kappa shape index (κ2) is 9.24. The average Bonchev–Trinajstić information content (AvgIpc) is 2.73. The number of carbonyl (C=O) groups is 3. The van der Waals surface area contributed by atoms with Crippen molar-refractivity contribution in [1.82, 2.24) is 4.90 Å². The molecule has 0 atom stereocenters. The van der Waals surface area contributed by atoms with Crippen LogP contribution in [-0.2, 0) is 14.4 Å². The molecule has 0 spiro atoms. The van der Waals surface area contributed by atoms with Crippen molar-refractivity contribution in [2.75, 3.05) is 13.2 Å². The fraction of sp³-hybridized carbons (Fsp3) is 0.375. The number of hydrogen-bond acceptors (Lipinski definition) is 5. The maximum Gasteiger partial charge on any atom is 0.323 e. The van der Waals surface area contributed by atoms with Crippen molar-refractivity contribution in [3.05, 3.63) is 49.2 Å². The Morgan fingerprint density at radius 2 is 1.69 bits per heavy atom. The number of benzene rings is 1. The van der Waals surface area contributed by atoms with Crippen molar-refractivity contribution in [1.29, 1.82) is 0 Å². The van der Waals surface area contributed by atoms with Gasteiger partial charge in [0.1, 0.15) is 18.9 Å². The highest BCUT2D eigenvalue weighted by Crippen LogP contribution is 2.52. The van der Waals surface area contributed by atoms with E-state index in [4.69, 9.17) is 11.2 Å². The molecule has 0 bridgehead atoms. The quantitative estimate of drug-likeness (QED) is 0.523. The number of ketones is 2. The molecule has 1 aromatic rings. The lowest BCUT2D eigenvalue weighted by atomic mass is 9.70. The molecule has 8 heteroatoms. The predicted octanol–water partition coefficient (Wildman–Crippen LogP) is 4.72. The van der Waals surface area contributed by atoms with E-state index in [0.29, 0.717) is 76.9 Å². The molecular formula is C24H21Br2NO5. The number of allylic oxidation sites excluding steroid dienone is 4. The van der Waals surface area contributed by atoms with Crippen molar-refractivity contribution < 1.29 is 24.2 Å². The van der Waals surface area contributed by atoms with E-state index in [1.165, 1.54) is 0 Å². The minimum atomic E-state index is -0.999. The molecule has 0 saturated heterocycles. The first-order valence-corrected chi connectivity index (χ1v) is 12.0. The molecule has 2 aliphatic carbocycles. The van der Waals surface area contributed by atoms with Crippen molar-refractivity contribution in [3.63, 3.8) is 0 Å². The van der Waals surface area contributed by atoms with E-state index in [-0.39, 0.29) is 24.7 Å². The summed E-state index contributed by atoms with van der Waals surface area (Å²) in [7, 11) is 0. The number of carbonyl (C=O) groups excluding carboxylic acids is 2. The molecule has 0 amide bonds. The zero-order valence-electron chi connectivity index (χ0n) is 17.2. The van der Waals surface area contributed by atoms with Crippen LogP contribution in [0.2, 0.25) is 0 Å². The number of aliphatic carboxylic acids is 1. The van der Waals surface area contributed by atoms with Gasteiger partial charge in [-0.05, 0) is 53.7 Å². The molecule has 1 aromatic carbocycles. The van der Waals surface area contributed by atoms with E-state index in [1.807, 2.05) is 12.1 Å². The number of hydrogen-bond donors (Lipinski definition) is 1. The highest BCUT2D eigenvalue weighted by molar-refractivity contribution is 9.11. The summed E-state index contributed by atoms with van der Waals surface area (Å²) < 4.78 is 7.28. The third-order valence-electron chi connectivity index (χ3n) is 6.03. The fourth-order valence-electron chi connectivity index (χ4n) is 4.91. The van der Waals surface area contributed by atoms with Crippen molar-refractivity contribution in [2.24, 2.45) is 0 Å². The average molecular weight is 563 g/mol. The third-order valence-corrected chi connectivity index (χ3v) is 7.07. The summed E-state index contributed by atoms with van der Waals surface area (Å²) in [5.41, 5.74) is 3.09. The van der Waals surface area contributed by atoms with Gasteiger partial charge in [0.25, 0.3) is 0 Å². The largest absolute Gasteiger partial charge is 0.480 e. The summed E-state index contributed by atoms with van der Waals surface area (Å²) in [5, 5.41) is 9.57. The number of nitrogens with zero attached hydrogens (tertiary/aromatic N) is 1. The Balaban J connectivity index is 2.01. The molecule has 0 radical (unpaired) electrons. The molecule has 3 aliphatic rings. The Hall–Kier alpha value is -2.37. The van der Waals surface area contributed by atoms with Crippen LogP contribution < -0.4 is 4.74 Å². The standard InChI is InChI=1S/C24H21Br2NO5/c1-2-9-32-24-14(10-13(25)11-15(24)26)21-22-16(5-3-7-18(22)28)27(12-20(30)31)17-6-4-8-19(29)23(17)21/h1,10-11,21H,3-9,12H2,(H,30,31). The van der Waals surface area contributed by atoms with Gasteiger partial charge in [0.2, 0.25) is 0 Å². The van der Waals surface area contributed by atoms with E-state index >= 15 is 0 Å². The molecule has 1 N–H and O–H groups in total. The van der Waals surface area contributed by atoms with Gasteiger partial charge < -0.3 is 14.7 Å². The van der Waals surface area contributed by atoms with Crippen LogP contribution in [0.1, 0.15) is 50.0 Å². The van der Waals surface area contributed by atoms with Gasteiger partial charge in [0.05, 0.1) is 4.47 Å². The SMILES string of the molecule is C#CCOc1c(Br)cc(Br)cc1C1C2=C(CCCC2=O)N(CC(=O)O)C2=C1C(=O)CCC2. The number of halogens is 2. The van der Waals surface area contributed by atoms with E-state index in [9.17, 15) is 19.5 Å². The number of carboxylic acids is 1. The van der Waals surface area contributed by atoms with Crippen LogP contribution in [0.4, 0.5) is 0 Å². The smallest absolute Gasteiger partial charge is 0.323 e. The summed E-state index contributed by atoms with van der Waals surface area (Å²) in [6.45, 7) is -0.238. The minimum absolute atomic E-state index is 0.0325. The highest BCUT2D eigenvalue weighted by atomic mass is 79.9. The van der Waals surface area contributed by atoms with Crippen LogP contribution in [0.3, 0.4) is 0 Å². The van der Waals surface area contributed by atoms with Crippen molar-refractivity contribution in [3.8, 4) is 18.1 Å². The number of Topliss-reactive ketones (excluding diaryl/α,β-unsaturated/α-hetero) is 2. The Bertz CT molecular complexity index is 1080. The van der Waals surface area contributed by atoms with Gasteiger partial charge in [-0.3, -0.25) is 14.4 Å². The lowest BCUT2D eigenvalue weighted by molar-refractivity contribution is -0.138. The Morgan fingerprint density at radius 1 is 1.09 bits per heavy atom. The Morgan fingerprint density at radius 3 is 2.22 bits per heavy atom. The van der Waals surface area contributed by atoms with Crippen LogP contribution in [-0.4, -0.2) is 40.7 Å². The van der Waals surface area contributed by atoms with Gasteiger partial charge in [-0.15, -0.1) is 6.42 Å². The highest BCUT2D eigenvalue weighted by Gasteiger charge is 2.44. The summed E-state index contributed by atoms with van der Waals surface area (Å²) in [6, 6.07) is 3.68. The van der Waals surface area contributed by atoms with Gasteiger partial charge in [0.15, 0.2) is 11.6 Å². The zero-order chi connectivity index (χ0) is 23.0. The molecule has 0 unspecified atom stereocenters. The van der Waals surface area contributed by atoms with E-state index in [2.05, 4.69) is 37.8 Å². The minimum Gasteiger partial charge on any atom is -0.480 e. The topological polar surface area (TPSA) is 83.9 Å². The summed E-state index contributed by atoms with van der Waals surface area (Å²) in [4.78, 5) is 39.9. The lowest BCUT2D eigenvalue weighted by Gasteiger charge is -2.43. The molecule has 4 rings (SSSR count). The first-order chi connectivity index (χ1) is 15.3. The van der Waals surface area contributed by atoms with Crippen LogP contribution >= 0.6 is 31.9 Å². The number of ether oxygens (including phenoxy) is 1. The molecular weight excluding hydrogens is 542 g/mol. The van der Waals surface area contributed by atoms with Gasteiger partial charge in [-0.1, -0.05) is 21.9 Å². The fourth-order valence-corrected chi connectivity index (χ4v) is 6.29. The van der Waals surface area contributed by atoms with Crippen LogP contribution in [0.15, 0.2) is 43.6 Å². The Labute approximate surface area is 202 Å². The van der Waals surface area contributed by atoms with Gasteiger partial charge in [0, 0.05) is 51.3 Å². The Kier molecular flexibility index (Phi) is 6.59. The molecule has 0 fully saturated rings. The van der Waals surface area contributed by atoms with Crippen LogP contribution in [0.5, 0.6) is 5.75 Å². The molecule has 1 aliphatic heterocycles. The number of carboxylic acid groups (broad SMARTS) is 1. The second-order valence-electron chi connectivity index (χ2n) is 7.99. The van der Waals surface area contributed by atoms with Crippen LogP contribution in [0, 0.1) is 12.3 Å². The summed E-state index contributed by atoms with van der Waals surface area (Å²) >= 11 is 7.05. The zero-order valence-corrected chi connectivity index (χ0v) is 20.4. The van der Waals surface area contributed by atoms with E-state index in [0.717, 1.165) is 4.47 Å². The molecule has 0 saturated carbocycles. The lowest BCUT2D eigenvalue weighted by Crippen LogP contribution is -2.41. The van der Waals surface area contributed by atoms with Gasteiger partial charge in [-0.2, -0.15) is 0 Å². The molecule has 0 aromatic heterocycles. The third kappa shape index (κ3) is 4.04. The number of terminal acetylenes is 1. The van der Waals surface area contributed by atoms with Crippen molar-refractivity contribution >= 4 is 49.4 Å². The van der Waals surface area contributed by atoms with Crippen molar-refractivity contribution in [2.45, 2.75) is 44.4 Å². The van der Waals surface area contributed by atoms with Gasteiger partial charge >= 0.3 is 5.97 Å². The number of rotatable bonds is 5. The maximum absolute atomic E-state index is 13.3. The van der Waals surface area contributed by atoms with Gasteiger partial charge in [-0.25, -0.2) is 0 Å². The molecule has 1 heterocycles. The molecule has 6 nitrogen and oxygen atoms in total. The second-order valence-corrected chi connectivity index (χ2v) is 9.76. The first-order valence-electron chi connectivity index (χ1n) is 10.4. The monoisotopic (exact) mass is 561 g/mol. The van der Waals surface area contributed by atoms with E-state index < -0.39 is 11.9 Å². The maximum atomic E-state index is 13.3. The first kappa shape index (κ1) is 22.8. The predicted molar refractivity (Wildman–Crippen MR) is 125 cm³/mol. The van der Waals surface area contributed by atoms with E-state index in [1.54, 1.807) is 4.90 Å². The summed E-state index contributed by atoms with van der Waals surface area (Å²) in [6.07, 6.45) is 8.63.